The number of carbonyl (C=O) groups excluding carboxylic acids is 1. The molecule has 5 heteroatoms. The van der Waals surface area contributed by atoms with Crippen LogP contribution in [0.3, 0.4) is 0 Å². The van der Waals surface area contributed by atoms with Gasteiger partial charge in [-0.1, -0.05) is 30.0 Å². The fourth-order valence-corrected chi connectivity index (χ4v) is 2.48. The van der Waals surface area contributed by atoms with Crippen molar-refractivity contribution in [2.24, 2.45) is 0 Å². The van der Waals surface area contributed by atoms with Gasteiger partial charge in [-0.25, -0.2) is 0 Å². The Bertz CT molecular complexity index is 579. The number of rotatable bonds is 3. The van der Waals surface area contributed by atoms with Gasteiger partial charge in [0.2, 0.25) is 0 Å². The highest BCUT2D eigenvalue weighted by Gasteiger charge is 2.31. The number of benzene rings is 2. The third-order valence-electron chi connectivity index (χ3n) is 2.44. The molecular weight excluding hydrogens is 273 g/mol. The summed E-state index contributed by atoms with van der Waals surface area (Å²) in [5, 5.41) is 0. The van der Waals surface area contributed by atoms with Gasteiger partial charge in [0.05, 0.1) is 5.56 Å². The molecule has 2 aromatic carbocycles. The average molecular weight is 282 g/mol. The van der Waals surface area contributed by atoms with E-state index in [1.807, 2.05) is 6.07 Å². The summed E-state index contributed by atoms with van der Waals surface area (Å²) >= 11 is 1.14. The van der Waals surface area contributed by atoms with Gasteiger partial charge < -0.3 is 0 Å². The number of carbonyl (C=O) groups is 1. The van der Waals surface area contributed by atoms with Crippen LogP contribution in [0, 0.1) is 0 Å². The van der Waals surface area contributed by atoms with Crippen molar-refractivity contribution in [1.82, 2.24) is 0 Å². The summed E-state index contributed by atoms with van der Waals surface area (Å²) in [7, 11) is 0. The van der Waals surface area contributed by atoms with Gasteiger partial charge in [-0.3, -0.25) is 4.79 Å². The predicted octanol–water partition coefficient (Wildman–Crippen LogP) is 4.67. The van der Waals surface area contributed by atoms with Crippen LogP contribution in [-0.4, -0.2) is 6.29 Å². The Morgan fingerprint density at radius 2 is 1.68 bits per heavy atom. The normalized spacial score (nSPS) is 11.3. The van der Waals surface area contributed by atoms with Crippen LogP contribution in [0.15, 0.2) is 58.3 Å². The summed E-state index contributed by atoms with van der Waals surface area (Å²) in [6, 6.07) is 12.1. The van der Waals surface area contributed by atoms with Crippen molar-refractivity contribution in [3.05, 3.63) is 59.7 Å². The van der Waals surface area contributed by atoms with E-state index < -0.39 is 11.7 Å². The second kappa shape index (κ2) is 5.48. The lowest BCUT2D eigenvalue weighted by Crippen LogP contribution is -2.05. The van der Waals surface area contributed by atoms with Crippen LogP contribution >= 0.6 is 11.8 Å². The van der Waals surface area contributed by atoms with Crippen molar-refractivity contribution < 1.29 is 18.0 Å². The number of alkyl halides is 3. The van der Waals surface area contributed by atoms with E-state index in [0.29, 0.717) is 11.2 Å². The van der Waals surface area contributed by atoms with Crippen molar-refractivity contribution in [1.29, 1.82) is 0 Å². The van der Waals surface area contributed by atoms with Gasteiger partial charge in [-0.2, -0.15) is 13.2 Å². The Morgan fingerprint density at radius 1 is 1.00 bits per heavy atom. The van der Waals surface area contributed by atoms with Crippen LogP contribution in [0.4, 0.5) is 13.2 Å². The van der Waals surface area contributed by atoms with Crippen LogP contribution < -0.4 is 0 Å². The quantitative estimate of drug-likeness (QED) is 0.761. The highest BCUT2D eigenvalue weighted by Crippen LogP contribution is 2.35. The Balaban J connectivity index is 2.40. The molecule has 98 valence electrons. The van der Waals surface area contributed by atoms with E-state index in [4.69, 9.17) is 0 Å². The van der Waals surface area contributed by atoms with E-state index in [-0.39, 0.29) is 5.56 Å². The predicted molar refractivity (Wildman–Crippen MR) is 67.4 cm³/mol. The summed E-state index contributed by atoms with van der Waals surface area (Å²) in [5.74, 6) is 0. The third kappa shape index (κ3) is 3.38. The minimum absolute atomic E-state index is 0.252. The molecule has 0 saturated carbocycles. The first-order valence-electron chi connectivity index (χ1n) is 5.40. The zero-order chi connectivity index (χ0) is 13.9. The van der Waals surface area contributed by atoms with Gasteiger partial charge in [-0.15, -0.1) is 0 Å². The maximum absolute atomic E-state index is 12.6. The van der Waals surface area contributed by atoms with Crippen molar-refractivity contribution in [3.63, 3.8) is 0 Å². The van der Waals surface area contributed by atoms with Crippen LogP contribution in [0.1, 0.15) is 15.9 Å². The maximum Gasteiger partial charge on any atom is 0.416 e. The van der Waals surface area contributed by atoms with Crippen LogP contribution in [-0.2, 0) is 6.18 Å². The Morgan fingerprint density at radius 3 is 2.26 bits per heavy atom. The highest BCUT2D eigenvalue weighted by atomic mass is 32.2. The molecule has 0 saturated heterocycles. The second-order valence-electron chi connectivity index (χ2n) is 3.78. The van der Waals surface area contributed by atoms with Gasteiger partial charge >= 0.3 is 6.18 Å². The first-order chi connectivity index (χ1) is 9.00. The Labute approximate surface area is 112 Å². The van der Waals surface area contributed by atoms with Gasteiger partial charge in [0.1, 0.15) is 0 Å². The van der Waals surface area contributed by atoms with E-state index in [9.17, 15) is 18.0 Å². The zero-order valence-electron chi connectivity index (χ0n) is 9.65. The number of halogens is 3. The maximum atomic E-state index is 12.6. The molecule has 0 N–H and O–H groups in total. The SMILES string of the molecule is O=Cc1ccc(C(F)(F)F)cc1Sc1ccccc1. The molecule has 0 heterocycles. The summed E-state index contributed by atoms with van der Waals surface area (Å²) in [5.41, 5.74) is -0.501. The number of aldehydes is 1. The molecule has 2 rings (SSSR count). The average Bonchev–Trinajstić information content (AvgIpc) is 2.39. The van der Waals surface area contributed by atoms with Crippen molar-refractivity contribution >= 4 is 18.0 Å². The molecule has 0 aliphatic heterocycles. The lowest BCUT2D eigenvalue weighted by atomic mass is 10.1. The molecule has 19 heavy (non-hydrogen) atoms. The van der Waals surface area contributed by atoms with Crippen LogP contribution in [0.5, 0.6) is 0 Å². The highest BCUT2D eigenvalue weighted by molar-refractivity contribution is 7.99. The molecule has 2 aromatic rings. The molecule has 0 radical (unpaired) electrons. The van der Waals surface area contributed by atoms with Gasteiger partial charge in [0, 0.05) is 15.4 Å². The van der Waals surface area contributed by atoms with Gasteiger partial charge in [0.15, 0.2) is 6.29 Å². The summed E-state index contributed by atoms with van der Waals surface area (Å²) in [6.07, 6.45) is -3.85. The zero-order valence-corrected chi connectivity index (χ0v) is 10.5. The van der Waals surface area contributed by atoms with E-state index in [0.717, 1.165) is 28.8 Å². The van der Waals surface area contributed by atoms with Crippen molar-refractivity contribution in [2.75, 3.05) is 0 Å². The summed E-state index contributed by atoms with van der Waals surface area (Å²) in [4.78, 5) is 12.0. The van der Waals surface area contributed by atoms with E-state index in [2.05, 4.69) is 0 Å². The monoisotopic (exact) mass is 282 g/mol. The summed E-state index contributed by atoms with van der Waals surface area (Å²) in [6.45, 7) is 0. The molecule has 0 atom stereocenters. The Kier molecular flexibility index (Phi) is 3.95. The fourth-order valence-electron chi connectivity index (χ4n) is 1.51. The van der Waals surface area contributed by atoms with Crippen molar-refractivity contribution in [2.45, 2.75) is 16.0 Å². The molecule has 0 fully saturated rings. The first kappa shape index (κ1) is 13.7. The Hall–Kier alpha value is -1.75. The van der Waals surface area contributed by atoms with Gasteiger partial charge in [0.25, 0.3) is 0 Å². The standard InChI is InChI=1S/C14H9F3OS/c15-14(16,17)11-7-6-10(9-18)13(8-11)19-12-4-2-1-3-5-12/h1-9H. The molecule has 0 amide bonds. The molecule has 0 spiro atoms. The molecule has 0 aliphatic carbocycles. The molecule has 0 aliphatic rings. The summed E-state index contributed by atoms with van der Waals surface area (Å²) < 4.78 is 37.9. The molecule has 0 bridgehead atoms. The van der Waals surface area contributed by atoms with E-state index in [1.165, 1.54) is 6.07 Å². The molecule has 0 unspecified atom stereocenters. The number of hydrogen-bond donors (Lipinski definition) is 0. The lowest BCUT2D eigenvalue weighted by molar-refractivity contribution is -0.137. The van der Waals surface area contributed by atoms with Crippen LogP contribution in [0.2, 0.25) is 0 Å². The second-order valence-corrected chi connectivity index (χ2v) is 4.90. The first-order valence-corrected chi connectivity index (χ1v) is 6.21. The molecule has 1 nitrogen and oxygen atoms in total. The van der Waals surface area contributed by atoms with E-state index in [1.54, 1.807) is 24.3 Å². The van der Waals surface area contributed by atoms with Crippen LogP contribution in [0.25, 0.3) is 0 Å². The molecular formula is C14H9F3OS. The minimum Gasteiger partial charge on any atom is -0.298 e. The largest absolute Gasteiger partial charge is 0.416 e. The molecule has 0 aromatic heterocycles. The smallest absolute Gasteiger partial charge is 0.298 e. The third-order valence-corrected chi connectivity index (χ3v) is 3.52. The van der Waals surface area contributed by atoms with Crippen molar-refractivity contribution in [3.8, 4) is 0 Å². The topological polar surface area (TPSA) is 17.1 Å². The van der Waals surface area contributed by atoms with Gasteiger partial charge in [-0.05, 0) is 30.3 Å². The fraction of sp³-hybridized carbons (Fsp3) is 0.0714. The number of hydrogen-bond acceptors (Lipinski definition) is 2. The minimum atomic E-state index is -4.41. The van der Waals surface area contributed by atoms with E-state index >= 15 is 0 Å². The lowest BCUT2D eigenvalue weighted by Gasteiger charge is -2.10.